The van der Waals surface area contributed by atoms with Crippen LogP contribution in [0.15, 0.2) is 30.3 Å². The van der Waals surface area contributed by atoms with E-state index in [0.717, 1.165) is 22.4 Å². The summed E-state index contributed by atoms with van der Waals surface area (Å²) in [6, 6.07) is 11.9. The number of fused-ring (bicyclic) bond motifs is 1. The third-order valence-corrected chi connectivity index (χ3v) is 5.68. The topological polar surface area (TPSA) is 74.0 Å². The summed E-state index contributed by atoms with van der Waals surface area (Å²) in [6.07, 6.45) is 0.261. The summed E-state index contributed by atoms with van der Waals surface area (Å²) in [7, 11) is 0. The first-order valence-electron chi connectivity index (χ1n) is 8.16. The number of aliphatic hydroxyl groups is 1. The van der Waals surface area contributed by atoms with Gasteiger partial charge < -0.3 is 0 Å². The summed E-state index contributed by atoms with van der Waals surface area (Å²) < 4.78 is 0.544. The van der Waals surface area contributed by atoms with E-state index in [1.807, 2.05) is 37.3 Å². The molecule has 1 heterocycles. The van der Waals surface area contributed by atoms with Gasteiger partial charge in [-0.05, 0) is 0 Å². The monoisotopic (exact) mass is 399 g/mol. The maximum absolute atomic E-state index is 12.5. The number of nitriles is 1. The third kappa shape index (κ3) is 2.91. The average molecular weight is 398 g/mol. The molecule has 2 aromatic rings. The minimum absolute atomic E-state index is 0.0606. The van der Waals surface area contributed by atoms with Crippen LogP contribution >= 0.6 is 0 Å². The van der Waals surface area contributed by atoms with Crippen LogP contribution in [0.25, 0.3) is 0 Å². The van der Waals surface area contributed by atoms with Gasteiger partial charge in [0.1, 0.15) is 0 Å². The maximum atomic E-state index is 12.5. The molecule has 3 unspecified atom stereocenters. The molecule has 0 aliphatic heterocycles. The van der Waals surface area contributed by atoms with Gasteiger partial charge in [-0.1, -0.05) is 0 Å². The van der Waals surface area contributed by atoms with Gasteiger partial charge >= 0.3 is 156 Å². The fraction of sp³-hybridized carbons (Fsp3) is 0.350. The Morgan fingerprint density at radius 3 is 2.60 bits per heavy atom. The predicted molar refractivity (Wildman–Crippen MR) is 95.9 cm³/mol. The van der Waals surface area contributed by atoms with Crippen LogP contribution in [-0.4, -0.2) is 37.5 Å². The van der Waals surface area contributed by atoms with Gasteiger partial charge in [0, 0.05) is 0 Å². The zero-order valence-electron chi connectivity index (χ0n) is 14.4. The average Bonchev–Trinajstić information content (AvgIpc) is 2.53. The first-order valence-corrected chi connectivity index (χ1v) is 9.02. The molecule has 25 heavy (non-hydrogen) atoms. The predicted octanol–water partition coefficient (Wildman–Crippen LogP) is 1.70. The van der Waals surface area contributed by atoms with Crippen LogP contribution in [0.4, 0.5) is 0 Å². The van der Waals surface area contributed by atoms with Crippen LogP contribution in [0, 0.1) is 24.2 Å². The number of carbonyl (C=O) groups is 1. The number of aromatic nitrogens is 1. The SMILES string of the molecule is CC(=O)C1C(c2ccccc2)c2c(C)nc([Se])c(C#N)c2CC1(C)O. The fourth-order valence-electron chi connectivity index (χ4n) is 4.15. The molecule has 0 amide bonds. The van der Waals surface area contributed by atoms with Crippen molar-refractivity contribution in [2.24, 2.45) is 5.92 Å². The molecule has 1 aliphatic carbocycles. The summed E-state index contributed by atoms with van der Waals surface area (Å²) in [5, 5.41) is 20.7. The molecule has 1 aromatic heterocycles. The van der Waals surface area contributed by atoms with E-state index in [2.05, 4.69) is 27.1 Å². The second-order valence-electron chi connectivity index (χ2n) is 6.89. The van der Waals surface area contributed by atoms with Crippen molar-refractivity contribution in [3.8, 4) is 6.07 Å². The molecule has 0 spiro atoms. The summed E-state index contributed by atoms with van der Waals surface area (Å²) in [4.78, 5) is 17.0. The van der Waals surface area contributed by atoms with Crippen molar-refractivity contribution < 1.29 is 9.90 Å². The molecule has 0 saturated heterocycles. The van der Waals surface area contributed by atoms with E-state index in [-0.39, 0.29) is 18.1 Å². The number of hydrogen-bond acceptors (Lipinski definition) is 4. The Balaban J connectivity index is 2.39. The molecule has 0 bridgehead atoms. The molecule has 1 N–H and O–H groups in total. The number of Topliss-reactive ketones (excluding diaryl/α,β-unsaturated/α-hetero) is 1. The molecule has 3 atom stereocenters. The summed E-state index contributed by atoms with van der Waals surface area (Å²) in [5.41, 5.74) is 2.66. The normalized spacial score (nSPS) is 25.1. The van der Waals surface area contributed by atoms with Crippen LogP contribution in [0.5, 0.6) is 0 Å². The second kappa shape index (κ2) is 6.38. The van der Waals surface area contributed by atoms with Gasteiger partial charge in [-0.2, -0.15) is 0 Å². The van der Waals surface area contributed by atoms with Crippen molar-refractivity contribution in [1.82, 2.24) is 4.98 Å². The van der Waals surface area contributed by atoms with E-state index in [0.29, 0.717) is 10.2 Å². The number of carbonyl (C=O) groups excluding carboxylic acids is 1. The summed E-state index contributed by atoms with van der Waals surface area (Å²) in [5.74, 6) is -0.965. The van der Waals surface area contributed by atoms with Crippen molar-refractivity contribution in [1.29, 1.82) is 5.26 Å². The molecule has 1 radical (unpaired) electrons. The van der Waals surface area contributed by atoms with Crippen LogP contribution in [-0.2, 0) is 11.2 Å². The van der Waals surface area contributed by atoms with Crippen molar-refractivity contribution in [3.63, 3.8) is 0 Å². The second-order valence-corrected chi connectivity index (χ2v) is 7.70. The first-order chi connectivity index (χ1) is 11.8. The van der Waals surface area contributed by atoms with Gasteiger partial charge in [-0.3, -0.25) is 0 Å². The van der Waals surface area contributed by atoms with Gasteiger partial charge in [-0.25, -0.2) is 0 Å². The molecular weight excluding hydrogens is 379 g/mol. The number of pyridine rings is 1. The zero-order chi connectivity index (χ0) is 18.4. The molecule has 0 fully saturated rings. The Bertz CT molecular complexity index is 885. The quantitative estimate of drug-likeness (QED) is 0.782. The summed E-state index contributed by atoms with van der Waals surface area (Å²) >= 11 is 2.85. The summed E-state index contributed by atoms with van der Waals surface area (Å²) in [6.45, 7) is 5.11. The molecule has 5 heteroatoms. The van der Waals surface area contributed by atoms with Gasteiger partial charge in [0.05, 0.1) is 0 Å². The van der Waals surface area contributed by atoms with Crippen LogP contribution in [0.1, 0.15) is 47.7 Å². The Kier molecular flexibility index (Phi) is 4.55. The standard InChI is InChI=1S/C20H19N2O2Se/c1-11-16-14(15(10-21)19(25)22-11)9-20(3,24)18(12(2)23)17(16)13-7-5-4-6-8-13/h4-8,17-18,24H,9H2,1-3H3. The molecule has 127 valence electrons. The van der Waals surface area contributed by atoms with Crippen molar-refractivity contribution >= 4 is 26.4 Å². The molecule has 1 aliphatic rings. The van der Waals surface area contributed by atoms with E-state index in [1.54, 1.807) is 6.92 Å². The number of rotatable bonds is 2. The minimum atomic E-state index is -1.23. The van der Waals surface area contributed by atoms with Gasteiger partial charge in [0.15, 0.2) is 0 Å². The third-order valence-electron chi connectivity index (χ3n) is 5.06. The van der Waals surface area contributed by atoms with E-state index in [4.69, 9.17) is 0 Å². The van der Waals surface area contributed by atoms with Crippen LogP contribution < -0.4 is 4.59 Å². The molecular formula is C20H19N2O2Se. The number of hydrogen-bond donors (Lipinski definition) is 1. The van der Waals surface area contributed by atoms with Gasteiger partial charge in [0.2, 0.25) is 0 Å². The molecule has 1 aromatic carbocycles. The Morgan fingerprint density at radius 2 is 2.04 bits per heavy atom. The molecule has 4 nitrogen and oxygen atoms in total. The van der Waals surface area contributed by atoms with Crippen molar-refractivity contribution in [3.05, 3.63) is 58.3 Å². The number of ketones is 1. The van der Waals surface area contributed by atoms with Crippen LogP contribution in [0.3, 0.4) is 0 Å². The number of nitrogens with zero attached hydrogens (tertiary/aromatic N) is 2. The number of benzene rings is 1. The Morgan fingerprint density at radius 1 is 1.40 bits per heavy atom. The Hall–Kier alpha value is -1.99. The van der Waals surface area contributed by atoms with Gasteiger partial charge in [-0.15, -0.1) is 0 Å². The van der Waals surface area contributed by atoms with E-state index < -0.39 is 11.5 Å². The molecule has 0 saturated carbocycles. The van der Waals surface area contributed by atoms with Crippen molar-refractivity contribution in [2.75, 3.05) is 0 Å². The molecule has 3 rings (SSSR count). The fourth-order valence-corrected chi connectivity index (χ4v) is 4.79. The number of aryl methyl sites for hydroxylation is 1. The zero-order valence-corrected chi connectivity index (χ0v) is 16.1. The van der Waals surface area contributed by atoms with Crippen LogP contribution in [0.2, 0.25) is 0 Å². The van der Waals surface area contributed by atoms with Crippen molar-refractivity contribution in [2.45, 2.75) is 38.7 Å². The van der Waals surface area contributed by atoms with E-state index >= 15 is 0 Å². The van der Waals surface area contributed by atoms with E-state index in [1.165, 1.54) is 6.92 Å². The first kappa shape index (κ1) is 17.8. The van der Waals surface area contributed by atoms with Gasteiger partial charge in [0.25, 0.3) is 0 Å². The van der Waals surface area contributed by atoms with E-state index in [9.17, 15) is 15.2 Å². The Labute approximate surface area is 155 Å².